The monoisotopic (exact) mass is 271 g/mol. The van der Waals surface area contributed by atoms with E-state index in [0.29, 0.717) is 0 Å². The highest BCUT2D eigenvalue weighted by atomic mass is 32.2. The van der Waals surface area contributed by atoms with Gasteiger partial charge in [0.25, 0.3) is 0 Å². The minimum absolute atomic E-state index is 0.906. The standard InChI is InChI=1S/C14H29N3S/c1-16-8-5-13(11-16)12-17(2)9-10-18-14-3-6-15-7-4-14/h13-15H,3-12H2,1-2H3. The molecule has 0 aliphatic carbocycles. The lowest BCUT2D eigenvalue weighted by Gasteiger charge is -2.24. The minimum Gasteiger partial charge on any atom is -0.317 e. The minimum atomic E-state index is 0.906. The Labute approximate surface area is 117 Å². The van der Waals surface area contributed by atoms with Crippen LogP contribution < -0.4 is 5.32 Å². The molecule has 1 atom stereocenters. The Bertz CT molecular complexity index is 231. The summed E-state index contributed by atoms with van der Waals surface area (Å²) in [5.74, 6) is 2.22. The summed E-state index contributed by atoms with van der Waals surface area (Å²) >= 11 is 2.19. The summed E-state index contributed by atoms with van der Waals surface area (Å²) in [7, 11) is 4.54. The highest BCUT2D eigenvalue weighted by Gasteiger charge is 2.20. The molecule has 0 aromatic heterocycles. The van der Waals surface area contributed by atoms with E-state index in [1.807, 2.05) is 0 Å². The van der Waals surface area contributed by atoms with Crippen LogP contribution in [0.1, 0.15) is 19.3 Å². The molecule has 106 valence electrons. The van der Waals surface area contributed by atoms with Crippen LogP contribution in [0.25, 0.3) is 0 Å². The van der Waals surface area contributed by atoms with Gasteiger partial charge in [0.15, 0.2) is 0 Å². The van der Waals surface area contributed by atoms with Crippen LogP contribution in [-0.2, 0) is 0 Å². The first-order valence-electron chi connectivity index (χ1n) is 7.43. The summed E-state index contributed by atoms with van der Waals surface area (Å²) < 4.78 is 0. The summed E-state index contributed by atoms with van der Waals surface area (Å²) in [4.78, 5) is 5.00. The van der Waals surface area contributed by atoms with Crippen molar-refractivity contribution < 1.29 is 0 Å². The summed E-state index contributed by atoms with van der Waals surface area (Å²) in [5.41, 5.74) is 0. The molecule has 4 heteroatoms. The van der Waals surface area contributed by atoms with Crippen LogP contribution in [0, 0.1) is 5.92 Å². The number of thioether (sulfide) groups is 1. The van der Waals surface area contributed by atoms with Gasteiger partial charge in [0, 0.05) is 30.6 Å². The number of nitrogens with one attached hydrogen (secondary N) is 1. The van der Waals surface area contributed by atoms with E-state index in [0.717, 1.165) is 11.2 Å². The third-order valence-corrected chi connectivity index (χ3v) is 5.53. The average molecular weight is 271 g/mol. The zero-order chi connectivity index (χ0) is 12.8. The van der Waals surface area contributed by atoms with Crippen LogP contribution in [0.3, 0.4) is 0 Å². The number of nitrogens with zero attached hydrogens (tertiary/aromatic N) is 2. The van der Waals surface area contributed by atoms with Crippen molar-refractivity contribution in [2.75, 3.05) is 59.1 Å². The molecule has 1 unspecified atom stereocenters. The molecule has 0 bridgehead atoms. The molecule has 0 saturated carbocycles. The van der Waals surface area contributed by atoms with Crippen molar-refractivity contribution in [3.8, 4) is 0 Å². The van der Waals surface area contributed by atoms with E-state index in [1.165, 1.54) is 64.3 Å². The van der Waals surface area contributed by atoms with Crippen molar-refractivity contribution in [1.82, 2.24) is 15.1 Å². The predicted octanol–water partition coefficient (Wildman–Crippen LogP) is 1.36. The molecule has 0 spiro atoms. The van der Waals surface area contributed by atoms with Gasteiger partial charge < -0.3 is 15.1 Å². The zero-order valence-electron chi connectivity index (χ0n) is 12.0. The lowest BCUT2D eigenvalue weighted by Crippen LogP contribution is -2.31. The Hall–Kier alpha value is 0.230. The van der Waals surface area contributed by atoms with E-state index in [1.54, 1.807) is 0 Å². The third kappa shape index (κ3) is 5.08. The first-order chi connectivity index (χ1) is 8.74. The number of hydrogen-bond donors (Lipinski definition) is 1. The molecule has 1 N–H and O–H groups in total. The zero-order valence-corrected chi connectivity index (χ0v) is 12.8. The largest absolute Gasteiger partial charge is 0.317 e. The molecule has 2 fully saturated rings. The normalized spacial score (nSPS) is 27.2. The van der Waals surface area contributed by atoms with Gasteiger partial charge in [-0.3, -0.25) is 0 Å². The van der Waals surface area contributed by atoms with Crippen LogP contribution in [0.5, 0.6) is 0 Å². The first-order valence-corrected chi connectivity index (χ1v) is 8.48. The van der Waals surface area contributed by atoms with Gasteiger partial charge in [-0.05, 0) is 58.9 Å². The molecule has 0 amide bonds. The Kier molecular flexibility index (Phi) is 6.29. The summed E-state index contributed by atoms with van der Waals surface area (Å²) in [6.07, 6.45) is 4.12. The Morgan fingerprint density at radius 1 is 1.28 bits per heavy atom. The van der Waals surface area contributed by atoms with E-state index < -0.39 is 0 Å². The van der Waals surface area contributed by atoms with Crippen LogP contribution in [0.4, 0.5) is 0 Å². The fourth-order valence-corrected chi connectivity index (χ4v) is 4.36. The van der Waals surface area contributed by atoms with Crippen molar-refractivity contribution in [1.29, 1.82) is 0 Å². The topological polar surface area (TPSA) is 18.5 Å². The summed E-state index contributed by atoms with van der Waals surface area (Å²) in [6.45, 7) is 7.59. The molecule has 2 saturated heterocycles. The van der Waals surface area contributed by atoms with Gasteiger partial charge in [0.05, 0.1) is 0 Å². The van der Waals surface area contributed by atoms with Crippen LogP contribution in [0.2, 0.25) is 0 Å². The van der Waals surface area contributed by atoms with E-state index in [-0.39, 0.29) is 0 Å². The number of rotatable bonds is 6. The smallest absolute Gasteiger partial charge is 0.00716 e. The summed E-state index contributed by atoms with van der Waals surface area (Å²) in [5, 5.41) is 4.35. The van der Waals surface area contributed by atoms with Gasteiger partial charge in [-0.1, -0.05) is 0 Å². The second-order valence-electron chi connectivity index (χ2n) is 6.00. The Morgan fingerprint density at radius 3 is 2.72 bits per heavy atom. The number of hydrogen-bond acceptors (Lipinski definition) is 4. The van der Waals surface area contributed by atoms with Gasteiger partial charge in [-0.15, -0.1) is 0 Å². The second-order valence-corrected chi connectivity index (χ2v) is 7.41. The lowest BCUT2D eigenvalue weighted by atomic mass is 10.1. The van der Waals surface area contributed by atoms with Crippen molar-refractivity contribution >= 4 is 11.8 Å². The molecule has 18 heavy (non-hydrogen) atoms. The maximum Gasteiger partial charge on any atom is 0.00716 e. The van der Waals surface area contributed by atoms with Gasteiger partial charge >= 0.3 is 0 Å². The van der Waals surface area contributed by atoms with Gasteiger partial charge in [0.1, 0.15) is 0 Å². The quantitative estimate of drug-likeness (QED) is 0.786. The van der Waals surface area contributed by atoms with Crippen LogP contribution in [0.15, 0.2) is 0 Å². The van der Waals surface area contributed by atoms with Gasteiger partial charge in [-0.25, -0.2) is 0 Å². The molecule has 0 aromatic carbocycles. The average Bonchev–Trinajstić information content (AvgIpc) is 2.76. The molecular formula is C14H29N3S. The van der Waals surface area contributed by atoms with Crippen LogP contribution >= 0.6 is 11.8 Å². The fraction of sp³-hybridized carbons (Fsp3) is 1.00. The summed E-state index contributed by atoms with van der Waals surface area (Å²) in [6, 6.07) is 0. The van der Waals surface area contributed by atoms with Crippen molar-refractivity contribution in [3.63, 3.8) is 0 Å². The van der Waals surface area contributed by atoms with E-state index in [2.05, 4.69) is 41.0 Å². The fourth-order valence-electron chi connectivity index (χ4n) is 3.04. The predicted molar refractivity (Wildman–Crippen MR) is 81.5 cm³/mol. The maximum atomic E-state index is 3.44. The highest BCUT2D eigenvalue weighted by molar-refractivity contribution is 7.99. The molecule has 0 radical (unpaired) electrons. The second kappa shape index (κ2) is 7.73. The van der Waals surface area contributed by atoms with Crippen molar-refractivity contribution in [2.45, 2.75) is 24.5 Å². The highest BCUT2D eigenvalue weighted by Crippen LogP contribution is 2.20. The van der Waals surface area contributed by atoms with E-state index >= 15 is 0 Å². The van der Waals surface area contributed by atoms with E-state index in [9.17, 15) is 0 Å². The Balaban J connectivity index is 1.52. The number of likely N-dealkylation sites (tertiary alicyclic amines) is 1. The molecule has 2 heterocycles. The maximum absolute atomic E-state index is 3.44. The molecule has 0 aromatic rings. The molecule has 2 aliphatic heterocycles. The van der Waals surface area contributed by atoms with E-state index in [4.69, 9.17) is 0 Å². The molecule has 2 aliphatic rings. The first kappa shape index (κ1) is 14.6. The van der Waals surface area contributed by atoms with Crippen molar-refractivity contribution in [2.24, 2.45) is 5.92 Å². The van der Waals surface area contributed by atoms with Crippen LogP contribution in [-0.4, -0.2) is 74.2 Å². The Morgan fingerprint density at radius 2 is 2.06 bits per heavy atom. The molecule has 3 nitrogen and oxygen atoms in total. The molecular weight excluding hydrogens is 242 g/mol. The lowest BCUT2D eigenvalue weighted by molar-refractivity contribution is 0.286. The van der Waals surface area contributed by atoms with Gasteiger partial charge in [0.2, 0.25) is 0 Å². The SMILES string of the molecule is CN(CCSC1CCNCC1)CC1CCN(C)C1. The van der Waals surface area contributed by atoms with Crippen molar-refractivity contribution in [3.05, 3.63) is 0 Å². The molecule has 2 rings (SSSR count). The van der Waals surface area contributed by atoms with Gasteiger partial charge in [-0.2, -0.15) is 11.8 Å². The number of piperidine rings is 1. The third-order valence-electron chi connectivity index (χ3n) is 4.17.